The van der Waals surface area contributed by atoms with Crippen molar-refractivity contribution in [1.82, 2.24) is 4.98 Å². The Hall–Kier alpha value is -2.05. The molecule has 2 aromatic carbocycles. The standard InChI is InChI=1S/C17H16N2O2S2/c1-21-12-5-8-14-15(10-12)23-17(18-14)19-16(20)9-11-3-6-13(22-2)7-4-11/h3-8,10H,9H2,1-2H3,(H,18,19,20). The SMILES string of the molecule is COc1ccc2nc(NC(=O)Cc3ccc(SC)cc3)sc2c1. The summed E-state index contributed by atoms with van der Waals surface area (Å²) in [4.78, 5) is 17.8. The van der Waals surface area contributed by atoms with E-state index in [9.17, 15) is 4.79 Å². The molecule has 0 saturated carbocycles. The number of ether oxygens (including phenoxy) is 1. The summed E-state index contributed by atoms with van der Waals surface area (Å²) in [6, 6.07) is 13.7. The molecule has 0 saturated heterocycles. The highest BCUT2D eigenvalue weighted by atomic mass is 32.2. The number of hydrogen-bond donors (Lipinski definition) is 1. The fraction of sp³-hybridized carbons (Fsp3) is 0.176. The largest absolute Gasteiger partial charge is 0.497 e. The van der Waals surface area contributed by atoms with Crippen LogP contribution in [0.25, 0.3) is 10.2 Å². The van der Waals surface area contributed by atoms with Gasteiger partial charge in [-0.15, -0.1) is 11.8 Å². The molecule has 0 aliphatic rings. The second-order valence-electron chi connectivity index (χ2n) is 4.93. The average molecular weight is 344 g/mol. The number of thiazole rings is 1. The monoisotopic (exact) mass is 344 g/mol. The minimum atomic E-state index is -0.0621. The van der Waals surface area contributed by atoms with Crippen LogP contribution in [-0.4, -0.2) is 24.3 Å². The highest BCUT2D eigenvalue weighted by Crippen LogP contribution is 2.29. The lowest BCUT2D eigenvalue weighted by molar-refractivity contribution is -0.115. The Bertz CT molecular complexity index is 828. The van der Waals surface area contributed by atoms with Gasteiger partial charge in [-0.05, 0) is 42.2 Å². The van der Waals surface area contributed by atoms with E-state index in [1.54, 1.807) is 18.9 Å². The summed E-state index contributed by atoms with van der Waals surface area (Å²) in [5.41, 5.74) is 1.85. The fourth-order valence-electron chi connectivity index (χ4n) is 2.18. The first kappa shape index (κ1) is 15.8. The first-order valence-corrected chi connectivity index (χ1v) is 9.09. The van der Waals surface area contributed by atoms with Gasteiger partial charge >= 0.3 is 0 Å². The topological polar surface area (TPSA) is 51.2 Å². The molecule has 0 atom stereocenters. The summed E-state index contributed by atoms with van der Waals surface area (Å²) < 4.78 is 6.19. The number of thioether (sulfide) groups is 1. The fourth-order valence-corrected chi connectivity index (χ4v) is 3.50. The molecule has 4 nitrogen and oxygen atoms in total. The second-order valence-corrected chi connectivity index (χ2v) is 6.84. The molecule has 3 aromatic rings. The van der Waals surface area contributed by atoms with E-state index >= 15 is 0 Å². The lowest BCUT2D eigenvalue weighted by Crippen LogP contribution is -2.14. The van der Waals surface area contributed by atoms with Crippen molar-refractivity contribution in [3.8, 4) is 5.75 Å². The molecule has 0 fully saturated rings. The zero-order valence-corrected chi connectivity index (χ0v) is 14.5. The Morgan fingerprint density at radius 1 is 1.26 bits per heavy atom. The van der Waals surface area contributed by atoms with E-state index in [1.807, 2.05) is 48.7 Å². The maximum absolute atomic E-state index is 12.2. The van der Waals surface area contributed by atoms with Crippen LogP contribution in [0.2, 0.25) is 0 Å². The van der Waals surface area contributed by atoms with Crippen LogP contribution in [0.4, 0.5) is 5.13 Å². The first-order valence-electron chi connectivity index (χ1n) is 7.05. The third-order valence-electron chi connectivity index (χ3n) is 3.37. The maximum Gasteiger partial charge on any atom is 0.230 e. The van der Waals surface area contributed by atoms with Crippen molar-refractivity contribution >= 4 is 44.4 Å². The minimum Gasteiger partial charge on any atom is -0.497 e. The number of anilines is 1. The number of nitrogens with one attached hydrogen (secondary N) is 1. The minimum absolute atomic E-state index is 0.0621. The third-order valence-corrected chi connectivity index (χ3v) is 5.04. The summed E-state index contributed by atoms with van der Waals surface area (Å²) in [6.45, 7) is 0. The Labute approximate surface area is 142 Å². The zero-order valence-electron chi connectivity index (χ0n) is 12.8. The second kappa shape index (κ2) is 7.02. The van der Waals surface area contributed by atoms with Crippen LogP contribution in [0.3, 0.4) is 0 Å². The Morgan fingerprint density at radius 2 is 2.04 bits per heavy atom. The number of rotatable bonds is 5. The highest BCUT2D eigenvalue weighted by Gasteiger charge is 2.09. The van der Waals surface area contributed by atoms with Crippen LogP contribution in [0, 0.1) is 0 Å². The van der Waals surface area contributed by atoms with E-state index in [0.29, 0.717) is 11.6 Å². The summed E-state index contributed by atoms with van der Waals surface area (Å²) in [6.07, 6.45) is 2.37. The molecule has 118 valence electrons. The quantitative estimate of drug-likeness (QED) is 0.705. The van der Waals surface area contributed by atoms with Crippen LogP contribution in [-0.2, 0) is 11.2 Å². The molecule has 1 aromatic heterocycles. The van der Waals surface area contributed by atoms with E-state index < -0.39 is 0 Å². The zero-order chi connectivity index (χ0) is 16.2. The number of carbonyl (C=O) groups excluding carboxylic acids is 1. The van der Waals surface area contributed by atoms with Gasteiger partial charge in [-0.3, -0.25) is 4.79 Å². The molecule has 0 bridgehead atoms. The lowest BCUT2D eigenvalue weighted by atomic mass is 10.1. The molecule has 0 aliphatic carbocycles. The lowest BCUT2D eigenvalue weighted by Gasteiger charge is -2.03. The number of amides is 1. The van der Waals surface area contributed by atoms with Crippen molar-refractivity contribution in [2.75, 3.05) is 18.7 Å². The highest BCUT2D eigenvalue weighted by molar-refractivity contribution is 7.98. The summed E-state index contributed by atoms with van der Waals surface area (Å²) in [5.74, 6) is 0.723. The van der Waals surface area contributed by atoms with Gasteiger partial charge in [-0.25, -0.2) is 4.98 Å². The van der Waals surface area contributed by atoms with E-state index in [1.165, 1.54) is 16.2 Å². The number of methoxy groups -OCH3 is 1. The Morgan fingerprint density at radius 3 is 2.74 bits per heavy atom. The first-order chi connectivity index (χ1) is 11.2. The van der Waals surface area contributed by atoms with Crippen molar-refractivity contribution in [3.63, 3.8) is 0 Å². The molecular weight excluding hydrogens is 328 g/mol. The van der Waals surface area contributed by atoms with Gasteiger partial charge in [0.15, 0.2) is 5.13 Å². The molecule has 23 heavy (non-hydrogen) atoms. The predicted molar refractivity (Wildman–Crippen MR) is 96.7 cm³/mol. The summed E-state index contributed by atoms with van der Waals surface area (Å²) in [5, 5.41) is 3.48. The van der Waals surface area contributed by atoms with Crippen LogP contribution in [0.5, 0.6) is 5.75 Å². The smallest absolute Gasteiger partial charge is 0.230 e. The van der Waals surface area contributed by atoms with E-state index in [0.717, 1.165) is 21.5 Å². The number of fused-ring (bicyclic) bond motifs is 1. The number of benzene rings is 2. The van der Waals surface area contributed by atoms with Gasteiger partial charge in [-0.2, -0.15) is 0 Å². The van der Waals surface area contributed by atoms with E-state index in [4.69, 9.17) is 4.74 Å². The molecule has 0 aliphatic heterocycles. The van der Waals surface area contributed by atoms with Crippen LogP contribution in [0.1, 0.15) is 5.56 Å². The molecule has 3 rings (SSSR count). The van der Waals surface area contributed by atoms with Gasteiger partial charge in [0.25, 0.3) is 0 Å². The average Bonchev–Trinajstić information content (AvgIpc) is 2.96. The van der Waals surface area contributed by atoms with Gasteiger partial charge in [0.2, 0.25) is 5.91 Å². The van der Waals surface area contributed by atoms with Gasteiger partial charge < -0.3 is 10.1 Å². The van der Waals surface area contributed by atoms with E-state index in [-0.39, 0.29) is 5.91 Å². The van der Waals surface area contributed by atoms with Crippen molar-refractivity contribution in [1.29, 1.82) is 0 Å². The molecule has 6 heteroatoms. The van der Waals surface area contributed by atoms with Gasteiger partial charge in [0.05, 0.1) is 23.7 Å². The van der Waals surface area contributed by atoms with Crippen LogP contribution >= 0.6 is 23.1 Å². The number of carbonyl (C=O) groups is 1. The van der Waals surface area contributed by atoms with Gasteiger partial charge in [0, 0.05) is 4.90 Å². The van der Waals surface area contributed by atoms with Crippen molar-refractivity contribution in [2.24, 2.45) is 0 Å². The molecule has 1 heterocycles. The van der Waals surface area contributed by atoms with E-state index in [2.05, 4.69) is 10.3 Å². The number of aromatic nitrogens is 1. The molecule has 0 spiro atoms. The molecular formula is C17H16N2O2S2. The third kappa shape index (κ3) is 3.83. The number of nitrogens with zero attached hydrogens (tertiary/aromatic N) is 1. The van der Waals surface area contributed by atoms with Crippen molar-refractivity contribution < 1.29 is 9.53 Å². The van der Waals surface area contributed by atoms with Crippen molar-refractivity contribution in [3.05, 3.63) is 48.0 Å². The summed E-state index contributed by atoms with van der Waals surface area (Å²) in [7, 11) is 1.63. The molecule has 0 unspecified atom stereocenters. The normalized spacial score (nSPS) is 10.7. The van der Waals surface area contributed by atoms with Crippen LogP contribution in [0.15, 0.2) is 47.4 Å². The molecule has 0 radical (unpaired) electrons. The molecule has 1 N–H and O–H groups in total. The maximum atomic E-state index is 12.2. The van der Waals surface area contributed by atoms with Crippen molar-refractivity contribution in [2.45, 2.75) is 11.3 Å². The summed E-state index contributed by atoms with van der Waals surface area (Å²) >= 11 is 3.13. The Kier molecular flexibility index (Phi) is 4.83. The Balaban J connectivity index is 1.69. The predicted octanol–water partition coefficient (Wildman–Crippen LogP) is 4.21. The number of hydrogen-bond acceptors (Lipinski definition) is 5. The molecule has 1 amide bonds. The van der Waals surface area contributed by atoms with Crippen LogP contribution < -0.4 is 10.1 Å². The van der Waals surface area contributed by atoms with Gasteiger partial charge in [0.1, 0.15) is 5.75 Å². The van der Waals surface area contributed by atoms with Gasteiger partial charge in [-0.1, -0.05) is 23.5 Å².